The van der Waals surface area contributed by atoms with Crippen molar-refractivity contribution in [3.8, 4) is 0 Å². The van der Waals surface area contributed by atoms with E-state index < -0.39 is 0 Å². The van der Waals surface area contributed by atoms with Crippen molar-refractivity contribution in [3.63, 3.8) is 0 Å². The highest BCUT2D eigenvalue weighted by atomic mass is 16.6. The van der Waals surface area contributed by atoms with Crippen molar-refractivity contribution >= 4 is 5.97 Å². The molecule has 1 atom stereocenters. The lowest BCUT2D eigenvalue weighted by molar-refractivity contribution is -0.160. The Bertz CT molecular complexity index is 236. The number of unbranched alkanes of at least 4 members (excludes halogenated alkanes) is 2. The van der Waals surface area contributed by atoms with Gasteiger partial charge in [-0.2, -0.15) is 0 Å². The molecule has 0 radical (unpaired) electrons. The van der Waals surface area contributed by atoms with Gasteiger partial charge >= 0.3 is 5.97 Å². The molecule has 2 heteroatoms. The summed E-state index contributed by atoms with van der Waals surface area (Å²) < 4.78 is 5.42. The minimum atomic E-state index is -0.366. The maximum absolute atomic E-state index is 11.9. The van der Waals surface area contributed by atoms with Crippen LogP contribution in [0.25, 0.3) is 0 Å². The zero-order valence-corrected chi connectivity index (χ0v) is 12.1. The zero-order valence-electron chi connectivity index (χ0n) is 12.1. The van der Waals surface area contributed by atoms with Gasteiger partial charge in [-0.3, -0.25) is 4.79 Å². The average molecular weight is 240 g/mol. The van der Waals surface area contributed by atoms with Gasteiger partial charge in [-0.25, -0.2) is 0 Å². The summed E-state index contributed by atoms with van der Waals surface area (Å²) in [6, 6.07) is 0. The second-order valence-electron chi connectivity index (χ2n) is 5.49. The average Bonchev–Trinajstić information content (AvgIpc) is 2.20. The molecule has 0 spiro atoms. The first-order chi connectivity index (χ1) is 7.90. The molecule has 0 fully saturated rings. The number of carbonyl (C=O) groups excluding carboxylic acids is 1. The first-order valence-electron chi connectivity index (χ1n) is 6.74. The van der Waals surface area contributed by atoms with E-state index in [-0.39, 0.29) is 17.5 Å². The molecular weight excluding hydrogens is 212 g/mol. The van der Waals surface area contributed by atoms with E-state index in [1.165, 1.54) is 0 Å². The number of ether oxygens (including phenoxy) is 1. The van der Waals surface area contributed by atoms with Gasteiger partial charge < -0.3 is 4.74 Å². The smallest absolute Gasteiger partial charge is 0.309 e. The molecular formula is C15H28O2. The Hall–Kier alpha value is -0.790. The molecule has 0 aliphatic heterocycles. The third-order valence-corrected chi connectivity index (χ3v) is 2.64. The van der Waals surface area contributed by atoms with E-state index in [9.17, 15) is 4.79 Å². The van der Waals surface area contributed by atoms with Crippen LogP contribution in [0.2, 0.25) is 0 Å². The van der Waals surface area contributed by atoms with Crippen molar-refractivity contribution in [1.29, 1.82) is 0 Å². The van der Waals surface area contributed by atoms with E-state index in [1.807, 2.05) is 27.7 Å². The minimum absolute atomic E-state index is 0.0361. The van der Waals surface area contributed by atoms with E-state index in [1.54, 1.807) is 0 Å². The van der Waals surface area contributed by atoms with Crippen LogP contribution in [0, 0.1) is 5.92 Å². The fourth-order valence-electron chi connectivity index (χ4n) is 1.69. The van der Waals surface area contributed by atoms with E-state index >= 15 is 0 Å². The molecule has 0 saturated heterocycles. The van der Waals surface area contributed by atoms with Crippen LogP contribution >= 0.6 is 0 Å². The number of carbonyl (C=O) groups is 1. The van der Waals surface area contributed by atoms with Crippen LogP contribution in [0.4, 0.5) is 0 Å². The summed E-state index contributed by atoms with van der Waals surface area (Å²) in [5.41, 5.74) is -0.366. The molecule has 0 rings (SSSR count). The highest BCUT2D eigenvalue weighted by Gasteiger charge is 2.23. The lowest BCUT2D eigenvalue weighted by Crippen LogP contribution is -2.28. The van der Waals surface area contributed by atoms with Gasteiger partial charge in [0.25, 0.3) is 0 Å². The molecule has 0 N–H and O–H groups in total. The van der Waals surface area contributed by atoms with Gasteiger partial charge in [0, 0.05) is 0 Å². The van der Waals surface area contributed by atoms with Crippen LogP contribution in [0.15, 0.2) is 12.2 Å². The van der Waals surface area contributed by atoms with Crippen molar-refractivity contribution in [2.24, 2.45) is 5.92 Å². The number of hydrogen-bond acceptors (Lipinski definition) is 2. The third-order valence-electron chi connectivity index (χ3n) is 2.64. The summed E-state index contributed by atoms with van der Waals surface area (Å²) in [6.45, 7) is 9.85. The van der Waals surface area contributed by atoms with Gasteiger partial charge in [-0.1, -0.05) is 25.5 Å². The lowest BCUT2D eigenvalue weighted by atomic mass is 9.98. The SMILES string of the molecule is CC=CCCCCC(CC)C(=O)OC(C)(C)C. The van der Waals surface area contributed by atoms with Crippen LogP contribution in [0.5, 0.6) is 0 Å². The first-order valence-corrected chi connectivity index (χ1v) is 6.74. The topological polar surface area (TPSA) is 26.3 Å². The van der Waals surface area contributed by atoms with E-state index in [0.29, 0.717) is 0 Å². The summed E-state index contributed by atoms with van der Waals surface area (Å²) >= 11 is 0. The highest BCUT2D eigenvalue weighted by molar-refractivity contribution is 5.72. The fourth-order valence-corrected chi connectivity index (χ4v) is 1.69. The Morgan fingerprint density at radius 2 is 1.94 bits per heavy atom. The lowest BCUT2D eigenvalue weighted by Gasteiger charge is -2.23. The summed E-state index contributed by atoms with van der Waals surface area (Å²) in [7, 11) is 0. The van der Waals surface area contributed by atoms with E-state index in [4.69, 9.17) is 4.74 Å². The van der Waals surface area contributed by atoms with Crippen LogP contribution in [-0.4, -0.2) is 11.6 Å². The summed E-state index contributed by atoms with van der Waals surface area (Å²) in [4.78, 5) is 11.9. The van der Waals surface area contributed by atoms with Crippen LogP contribution < -0.4 is 0 Å². The quantitative estimate of drug-likeness (QED) is 0.372. The Labute approximate surface area is 106 Å². The largest absolute Gasteiger partial charge is 0.460 e. The van der Waals surface area contributed by atoms with Gasteiger partial charge in [0.1, 0.15) is 5.60 Å². The predicted octanol–water partition coefficient (Wildman–Crippen LogP) is 4.49. The molecule has 0 heterocycles. The number of hydrogen-bond donors (Lipinski definition) is 0. The normalized spacial score (nSPS) is 13.9. The molecule has 0 aliphatic carbocycles. The summed E-state index contributed by atoms with van der Waals surface area (Å²) in [6.07, 6.45) is 9.44. The van der Waals surface area contributed by atoms with Crippen molar-refractivity contribution in [1.82, 2.24) is 0 Å². The van der Waals surface area contributed by atoms with Crippen LogP contribution in [0.3, 0.4) is 0 Å². The Balaban J connectivity index is 3.94. The molecule has 0 aromatic carbocycles. The molecule has 1 unspecified atom stereocenters. The maximum atomic E-state index is 11.9. The second-order valence-corrected chi connectivity index (χ2v) is 5.49. The summed E-state index contributed by atoms with van der Waals surface area (Å²) in [5, 5.41) is 0. The molecule has 0 aromatic heterocycles. The Morgan fingerprint density at radius 3 is 2.41 bits per heavy atom. The molecule has 0 aliphatic rings. The van der Waals surface area contributed by atoms with Crippen molar-refractivity contribution < 1.29 is 9.53 Å². The number of esters is 1. The van der Waals surface area contributed by atoms with E-state index in [2.05, 4.69) is 19.1 Å². The number of rotatable bonds is 7. The van der Waals surface area contributed by atoms with Gasteiger partial charge in [0.15, 0.2) is 0 Å². The molecule has 17 heavy (non-hydrogen) atoms. The van der Waals surface area contributed by atoms with Gasteiger partial charge in [0.05, 0.1) is 5.92 Å². The van der Waals surface area contributed by atoms with Crippen LogP contribution in [-0.2, 0) is 9.53 Å². The second kappa shape index (κ2) is 8.32. The Kier molecular flexibility index (Phi) is 7.94. The molecule has 100 valence electrons. The van der Waals surface area contributed by atoms with E-state index in [0.717, 1.165) is 32.1 Å². The molecule has 2 nitrogen and oxygen atoms in total. The monoisotopic (exact) mass is 240 g/mol. The maximum Gasteiger partial charge on any atom is 0.309 e. The zero-order chi connectivity index (χ0) is 13.3. The van der Waals surface area contributed by atoms with Crippen molar-refractivity contribution in [2.45, 2.75) is 72.3 Å². The molecule has 0 saturated carbocycles. The minimum Gasteiger partial charge on any atom is -0.460 e. The van der Waals surface area contributed by atoms with Gasteiger partial charge in [-0.05, 0) is 53.4 Å². The Morgan fingerprint density at radius 1 is 1.29 bits per heavy atom. The van der Waals surface area contributed by atoms with Gasteiger partial charge in [0.2, 0.25) is 0 Å². The third kappa shape index (κ3) is 8.96. The first kappa shape index (κ1) is 16.2. The van der Waals surface area contributed by atoms with Crippen molar-refractivity contribution in [2.75, 3.05) is 0 Å². The molecule has 0 aromatic rings. The molecule has 0 bridgehead atoms. The predicted molar refractivity (Wildman–Crippen MR) is 72.9 cm³/mol. The van der Waals surface area contributed by atoms with Crippen LogP contribution in [0.1, 0.15) is 66.7 Å². The highest BCUT2D eigenvalue weighted by Crippen LogP contribution is 2.19. The fraction of sp³-hybridized carbons (Fsp3) is 0.800. The molecule has 0 amide bonds. The standard InChI is InChI=1S/C15H28O2/c1-6-8-9-10-11-12-13(7-2)14(16)17-15(3,4)5/h6,8,13H,7,9-12H2,1-5H3. The summed E-state index contributed by atoms with van der Waals surface area (Å²) in [5.74, 6) is 0.0332. The van der Waals surface area contributed by atoms with Crippen molar-refractivity contribution in [3.05, 3.63) is 12.2 Å². The van der Waals surface area contributed by atoms with Gasteiger partial charge in [-0.15, -0.1) is 0 Å². The number of allylic oxidation sites excluding steroid dienone is 2.